The molecule has 2 aromatic carbocycles. The lowest BCUT2D eigenvalue weighted by Gasteiger charge is -1.82. The number of phenols is 1. The second-order valence-electron chi connectivity index (χ2n) is 2.49. The van der Waals surface area contributed by atoms with Gasteiger partial charge in [-0.1, -0.05) is 54.6 Å². The molecule has 0 aromatic heterocycles. The third-order valence-corrected chi connectivity index (χ3v) is 1.42. The summed E-state index contributed by atoms with van der Waals surface area (Å²) in [6, 6.07) is 20.7. The smallest absolute Gasteiger partial charge is 0.115 e. The first-order valence-corrected chi connectivity index (χ1v) is 4.92. The number of carbonyl (C=O) groups excluding carboxylic acids is 1. The lowest BCUT2D eigenvalue weighted by Crippen LogP contribution is -1.56. The zero-order valence-corrected chi connectivity index (χ0v) is 9.83. The first kappa shape index (κ1) is 17.1. The van der Waals surface area contributed by atoms with Crippen LogP contribution in [-0.4, -0.2) is 11.9 Å². The van der Waals surface area contributed by atoms with Crippen molar-refractivity contribution < 1.29 is 9.90 Å². The highest BCUT2D eigenvalue weighted by molar-refractivity contribution is 5.18. The van der Waals surface area contributed by atoms with Crippen molar-refractivity contribution in [1.82, 2.24) is 0 Å². The van der Waals surface area contributed by atoms with E-state index in [1.165, 1.54) is 0 Å². The monoisotopic (exact) mass is 230 g/mol. The zero-order chi connectivity index (χ0) is 13.4. The molecule has 0 aliphatic carbocycles. The summed E-state index contributed by atoms with van der Waals surface area (Å²) in [7, 11) is 0. The highest BCUT2D eigenvalue weighted by Crippen LogP contribution is 2.02. The van der Waals surface area contributed by atoms with Crippen LogP contribution >= 0.6 is 0 Å². The predicted molar refractivity (Wildman–Crippen MR) is 72.9 cm³/mol. The molecule has 0 spiro atoms. The highest BCUT2D eigenvalue weighted by atomic mass is 16.3. The number of para-hydroxylation sites is 1. The van der Waals surface area contributed by atoms with E-state index in [1.807, 2.05) is 49.3 Å². The molecule has 1 N–H and O–H groups in total. The second-order valence-corrected chi connectivity index (χ2v) is 2.49. The highest BCUT2D eigenvalue weighted by Gasteiger charge is 1.74. The van der Waals surface area contributed by atoms with Crippen molar-refractivity contribution in [3.05, 3.63) is 79.9 Å². The van der Waals surface area contributed by atoms with Crippen LogP contribution in [0.2, 0.25) is 0 Å². The van der Waals surface area contributed by atoms with Crippen LogP contribution in [0.1, 0.15) is 0 Å². The van der Waals surface area contributed by atoms with Crippen molar-refractivity contribution in [2.24, 2.45) is 0 Å². The van der Waals surface area contributed by atoms with Gasteiger partial charge in [-0.05, 0) is 12.1 Å². The van der Waals surface area contributed by atoms with Crippen molar-refractivity contribution in [1.29, 1.82) is 0 Å². The Kier molecular flexibility index (Phi) is 16.1. The van der Waals surface area contributed by atoms with Crippen LogP contribution in [0.25, 0.3) is 0 Å². The van der Waals surface area contributed by atoms with Gasteiger partial charge < -0.3 is 9.90 Å². The molecule has 0 unspecified atom stereocenters. The Hall–Kier alpha value is -2.35. The Labute approximate surface area is 103 Å². The SMILES string of the molecule is C=C.C=O.Oc1ccccc1.c1ccccc1. The average Bonchev–Trinajstić information content (AvgIpc) is 2.47. The summed E-state index contributed by atoms with van der Waals surface area (Å²) in [5, 5.41) is 8.63. The van der Waals surface area contributed by atoms with Crippen LogP contribution in [0.4, 0.5) is 0 Å². The van der Waals surface area contributed by atoms with E-state index in [1.54, 1.807) is 24.3 Å². The lowest BCUT2D eigenvalue weighted by molar-refractivity contribution is -0.0979. The standard InChI is InChI=1S/C6H6O.C6H6.C2H4.CH2O/c7-6-4-2-1-3-5-6;1-2-4-6-5-3-1;2*1-2/h1-5,7H;1-6H;1-2H2;1H2. The molecule has 2 heteroatoms. The van der Waals surface area contributed by atoms with E-state index in [0.717, 1.165) is 0 Å². The second kappa shape index (κ2) is 16.1. The maximum atomic E-state index is 8.63. The van der Waals surface area contributed by atoms with Crippen molar-refractivity contribution in [3.8, 4) is 5.75 Å². The molecule has 0 fully saturated rings. The fourth-order valence-electron chi connectivity index (χ4n) is 0.813. The molecule has 0 atom stereocenters. The molecule has 17 heavy (non-hydrogen) atoms. The summed E-state index contributed by atoms with van der Waals surface area (Å²) in [6.07, 6.45) is 0. The van der Waals surface area contributed by atoms with Crippen LogP contribution in [0, 0.1) is 0 Å². The van der Waals surface area contributed by atoms with Gasteiger partial charge in [0.25, 0.3) is 0 Å². The van der Waals surface area contributed by atoms with Crippen molar-refractivity contribution in [2.45, 2.75) is 0 Å². The molecule has 2 rings (SSSR count). The Morgan fingerprint density at radius 3 is 1.06 bits per heavy atom. The van der Waals surface area contributed by atoms with Crippen molar-refractivity contribution >= 4 is 6.79 Å². The van der Waals surface area contributed by atoms with E-state index < -0.39 is 0 Å². The van der Waals surface area contributed by atoms with E-state index in [0.29, 0.717) is 5.75 Å². The molecule has 0 aliphatic rings. The number of benzene rings is 2. The Balaban J connectivity index is 0. The zero-order valence-electron chi connectivity index (χ0n) is 9.83. The Bertz CT molecular complexity index is 304. The quantitative estimate of drug-likeness (QED) is 0.701. The van der Waals surface area contributed by atoms with Crippen LogP contribution in [0.3, 0.4) is 0 Å². The Morgan fingerprint density at radius 2 is 0.882 bits per heavy atom. The molecule has 0 bridgehead atoms. The minimum Gasteiger partial charge on any atom is -0.508 e. The molecule has 0 aliphatic heterocycles. The van der Waals surface area contributed by atoms with E-state index in [-0.39, 0.29) is 0 Å². The summed E-state index contributed by atoms with van der Waals surface area (Å²) in [4.78, 5) is 8.00. The number of aromatic hydroxyl groups is 1. The molecule has 0 heterocycles. The topological polar surface area (TPSA) is 37.3 Å². The molecule has 0 radical (unpaired) electrons. The number of hydrogen-bond acceptors (Lipinski definition) is 2. The number of phenolic OH excluding ortho intramolecular Hbond substituents is 1. The number of hydrogen-bond donors (Lipinski definition) is 1. The normalized spacial score (nSPS) is 6.82. The summed E-state index contributed by atoms with van der Waals surface area (Å²) >= 11 is 0. The third kappa shape index (κ3) is 13.7. The van der Waals surface area contributed by atoms with Gasteiger partial charge in [0.15, 0.2) is 0 Å². The largest absolute Gasteiger partial charge is 0.508 e. The van der Waals surface area contributed by atoms with E-state index in [4.69, 9.17) is 9.90 Å². The van der Waals surface area contributed by atoms with Gasteiger partial charge in [0.2, 0.25) is 0 Å². The van der Waals surface area contributed by atoms with Gasteiger partial charge in [-0.15, -0.1) is 13.2 Å². The van der Waals surface area contributed by atoms with Gasteiger partial charge in [0.1, 0.15) is 12.5 Å². The summed E-state index contributed by atoms with van der Waals surface area (Å²) in [5.74, 6) is 0.322. The molecule has 2 aromatic rings. The van der Waals surface area contributed by atoms with Gasteiger partial charge in [-0.2, -0.15) is 0 Å². The minimum atomic E-state index is 0.322. The van der Waals surface area contributed by atoms with Gasteiger partial charge >= 0.3 is 0 Å². The van der Waals surface area contributed by atoms with Gasteiger partial charge in [0.05, 0.1) is 0 Å². The molecule has 2 nitrogen and oxygen atoms in total. The molecule has 0 saturated heterocycles. The average molecular weight is 230 g/mol. The van der Waals surface area contributed by atoms with Gasteiger partial charge in [0, 0.05) is 0 Å². The van der Waals surface area contributed by atoms with Crippen LogP contribution in [0.5, 0.6) is 5.75 Å². The first-order chi connectivity index (χ1) is 8.39. The predicted octanol–water partition coefficient (Wildman–Crippen LogP) is 3.70. The van der Waals surface area contributed by atoms with E-state index in [9.17, 15) is 0 Å². The molecular weight excluding hydrogens is 212 g/mol. The van der Waals surface area contributed by atoms with Crippen molar-refractivity contribution in [2.75, 3.05) is 0 Å². The van der Waals surface area contributed by atoms with Crippen LogP contribution < -0.4 is 0 Å². The Morgan fingerprint density at radius 1 is 0.647 bits per heavy atom. The van der Waals surface area contributed by atoms with Gasteiger partial charge in [-0.25, -0.2) is 0 Å². The van der Waals surface area contributed by atoms with Gasteiger partial charge in [-0.3, -0.25) is 0 Å². The third-order valence-electron chi connectivity index (χ3n) is 1.42. The van der Waals surface area contributed by atoms with Crippen LogP contribution in [0.15, 0.2) is 79.9 Å². The van der Waals surface area contributed by atoms with E-state index >= 15 is 0 Å². The first-order valence-electron chi connectivity index (χ1n) is 4.92. The van der Waals surface area contributed by atoms with Crippen LogP contribution in [-0.2, 0) is 4.79 Å². The number of rotatable bonds is 0. The molecule has 0 saturated carbocycles. The maximum Gasteiger partial charge on any atom is 0.115 e. The molecule has 90 valence electrons. The fraction of sp³-hybridized carbons (Fsp3) is 0. The molecule has 0 amide bonds. The summed E-state index contributed by atoms with van der Waals surface area (Å²) < 4.78 is 0. The maximum absolute atomic E-state index is 8.63. The fourth-order valence-corrected chi connectivity index (χ4v) is 0.813. The minimum absolute atomic E-state index is 0.322. The number of carbonyl (C=O) groups is 1. The lowest BCUT2D eigenvalue weighted by atomic mass is 10.3. The summed E-state index contributed by atoms with van der Waals surface area (Å²) in [5.41, 5.74) is 0. The summed E-state index contributed by atoms with van der Waals surface area (Å²) in [6.45, 7) is 8.00. The van der Waals surface area contributed by atoms with E-state index in [2.05, 4.69) is 13.2 Å². The van der Waals surface area contributed by atoms with Crippen molar-refractivity contribution in [3.63, 3.8) is 0 Å². The molecular formula is C15H18O2.